The van der Waals surface area contributed by atoms with Gasteiger partial charge in [-0.2, -0.15) is 0 Å². The molecule has 0 bridgehead atoms. The lowest BCUT2D eigenvalue weighted by Crippen LogP contribution is -2.46. The zero-order valence-corrected chi connectivity index (χ0v) is 9.46. The van der Waals surface area contributed by atoms with Gasteiger partial charge in [-0.05, 0) is 6.42 Å². The van der Waals surface area contributed by atoms with Gasteiger partial charge < -0.3 is 5.32 Å². The lowest BCUT2D eigenvalue weighted by Gasteiger charge is -2.14. The van der Waals surface area contributed by atoms with E-state index in [2.05, 4.69) is 10.6 Å². The number of thioether (sulfide) groups is 1. The van der Waals surface area contributed by atoms with Crippen LogP contribution in [0.5, 0.6) is 0 Å². The van der Waals surface area contributed by atoms with E-state index in [4.69, 9.17) is 0 Å². The summed E-state index contributed by atoms with van der Waals surface area (Å²) in [6.45, 7) is 0. The first-order chi connectivity index (χ1) is 6.75. The van der Waals surface area contributed by atoms with Crippen molar-refractivity contribution in [2.45, 2.75) is 18.5 Å². The average Bonchev–Trinajstić information content (AvgIpc) is 2.75. The zero-order valence-electron chi connectivity index (χ0n) is 7.82. The normalized spacial score (nSPS) is 37.3. The first kappa shape index (κ1) is 10.4. The molecule has 0 radical (unpaired) electrons. The van der Waals surface area contributed by atoms with Gasteiger partial charge in [-0.1, -0.05) is 0 Å². The number of nitrogens with one attached hydrogen (secondary N) is 2. The van der Waals surface area contributed by atoms with Crippen LogP contribution in [0.25, 0.3) is 0 Å². The minimum absolute atomic E-state index is 0.0472. The molecule has 2 fully saturated rings. The van der Waals surface area contributed by atoms with Crippen LogP contribution in [0.1, 0.15) is 6.42 Å². The maximum Gasteiger partial charge on any atom is 0.238 e. The highest BCUT2D eigenvalue weighted by molar-refractivity contribution is 7.99. The molecule has 3 atom stereocenters. The smallest absolute Gasteiger partial charge is 0.238 e. The van der Waals surface area contributed by atoms with Gasteiger partial charge in [0.1, 0.15) is 0 Å². The second kappa shape index (κ2) is 4.63. The molecule has 2 aliphatic rings. The molecule has 0 aromatic carbocycles. The van der Waals surface area contributed by atoms with Gasteiger partial charge in [0.15, 0.2) is 0 Å². The fourth-order valence-corrected chi connectivity index (χ4v) is 4.00. The Morgan fingerprint density at radius 3 is 3.00 bits per heavy atom. The van der Waals surface area contributed by atoms with Crippen molar-refractivity contribution in [3.05, 3.63) is 0 Å². The molecule has 2 unspecified atom stereocenters. The molecule has 0 aromatic rings. The highest BCUT2D eigenvalue weighted by Crippen LogP contribution is 2.11. The molecule has 2 heterocycles. The van der Waals surface area contributed by atoms with Crippen LogP contribution in [0, 0.1) is 0 Å². The first-order valence-electron chi connectivity index (χ1n) is 4.72. The fraction of sp³-hybridized carbons (Fsp3) is 0.875. The van der Waals surface area contributed by atoms with Crippen molar-refractivity contribution in [2.75, 3.05) is 23.1 Å². The molecule has 6 heteroatoms. The third kappa shape index (κ3) is 2.49. The lowest BCUT2D eigenvalue weighted by molar-refractivity contribution is -0.122. The minimum atomic E-state index is -0.711. The number of hydrogen-bond donors (Lipinski definition) is 2. The van der Waals surface area contributed by atoms with Crippen molar-refractivity contribution < 1.29 is 9.00 Å². The molecule has 0 aliphatic carbocycles. The molecule has 2 saturated heterocycles. The summed E-state index contributed by atoms with van der Waals surface area (Å²) in [6.07, 6.45) is 0.859. The molecular weight excluding hydrogens is 220 g/mol. The van der Waals surface area contributed by atoms with Crippen molar-refractivity contribution in [3.63, 3.8) is 0 Å². The third-order valence-corrected chi connectivity index (χ3v) is 4.87. The summed E-state index contributed by atoms with van der Waals surface area (Å²) in [7, 11) is -0.711. The monoisotopic (exact) mass is 234 g/mol. The number of carbonyl (C=O) groups excluding carboxylic acids is 1. The van der Waals surface area contributed by atoms with E-state index in [1.54, 1.807) is 11.8 Å². The van der Waals surface area contributed by atoms with E-state index in [9.17, 15) is 9.00 Å². The minimum Gasteiger partial charge on any atom is -0.351 e. The maximum absolute atomic E-state index is 11.6. The Morgan fingerprint density at radius 1 is 1.57 bits per heavy atom. The van der Waals surface area contributed by atoms with E-state index >= 15 is 0 Å². The van der Waals surface area contributed by atoms with Crippen LogP contribution >= 0.6 is 11.8 Å². The zero-order chi connectivity index (χ0) is 9.97. The molecule has 0 spiro atoms. The summed E-state index contributed by atoms with van der Waals surface area (Å²) < 4.78 is 11.1. The van der Waals surface area contributed by atoms with Crippen LogP contribution in [0.2, 0.25) is 0 Å². The molecule has 2 N–H and O–H groups in total. The molecule has 2 rings (SSSR count). The Bertz CT molecular complexity index is 254. The average molecular weight is 234 g/mol. The van der Waals surface area contributed by atoms with Crippen molar-refractivity contribution in [1.29, 1.82) is 0 Å². The predicted octanol–water partition coefficient (Wildman–Crippen LogP) is -0.714. The van der Waals surface area contributed by atoms with Gasteiger partial charge in [0.05, 0.1) is 6.04 Å². The molecule has 80 valence electrons. The van der Waals surface area contributed by atoms with Crippen LogP contribution in [-0.4, -0.2) is 45.3 Å². The van der Waals surface area contributed by atoms with Crippen molar-refractivity contribution >= 4 is 28.5 Å². The van der Waals surface area contributed by atoms with E-state index < -0.39 is 10.8 Å². The van der Waals surface area contributed by atoms with Crippen molar-refractivity contribution in [2.24, 2.45) is 0 Å². The van der Waals surface area contributed by atoms with E-state index in [-0.39, 0.29) is 18.0 Å². The summed E-state index contributed by atoms with van der Waals surface area (Å²) in [5.41, 5.74) is 0. The number of amides is 1. The van der Waals surface area contributed by atoms with E-state index in [1.807, 2.05) is 0 Å². The first-order valence-corrected chi connectivity index (χ1v) is 7.36. The summed E-state index contributed by atoms with van der Waals surface area (Å²) in [4.78, 5) is 11.6. The summed E-state index contributed by atoms with van der Waals surface area (Å²) in [6, 6.07) is 0.0877. The SMILES string of the molecule is O=C(NC1CCS(=O)C1)[C@H]1CSCN1. The largest absolute Gasteiger partial charge is 0.351 e. The Morgan fingerprint density at radius 2 is 2.43 bits per heavy atom. The Hall–Kier alpha value is -0.0700. The number of rotatable bonds is 2. The van der Waals surface area contributed by atoms with Crippen molar-refractivity contribution in [1.82, 2.24) is 10.6 Å². The molecule has 4 nitrogen and oxygen atoms in total. The third-order valence-electron chi connectivity index (χ3n) is 2.46. The van der Waals surface area contributed by atoms with Crippen LogP contribution in [0.15, 0.2) is 0 Å². The molecule has 0 saturated carbocycles. The molecule has 14 heavy (non-hydrogen) atoms. The van der Waals surface area contributed by atoms with E-state index in [0.717, 1.165) is 23.8 Å². The second-order valence-corrected chi connectivity index (χ2v) is 6.23. The Balaban J connectivity index is 1.79. The standard InChI is InChI=1S/C8H14N2O2S2/c11-8(7-3-13-5-9-7)10-6-1-2-14(12)4-6/h6-7,9H,1-5H2,(H,10,11)/t6?,7-,14?/m1/s1. The van der Waals surface area contributed by atoms with Gasteiger partial charge in [-0.15, -0.1) is 11.8 Å². The van der Waals surface area contributed by atoms with Crippen LogP contribution < -0.4 is 10.6 Å². The fourth-order valence-electron chi connectivity index (χ4n) is 1.64. The van der Waals surface area contributed by atoms with E-state index in [1.165, 1.54) is 0 Å². The highest BCUT2D eigenvalue weighted by atomic mass is 32.2. The van der Waals surface area contributed by atoms with Gasteiger partial charge in [-0.25, -0.2) is 0 Å². The second-order valence-electron chi connectivity index (χ2n) is 3.58. The predicted molar refractivity (Wildman–Crippen MR) is 58.7 cm³/mol. The summed E-state index contributed by atoms with van der Waals surface area (Å²) in [5.74, 6) is 3.14. The lowest BCUT2D eigenvalue weighted by atomic mass is 10.2. The quantitative estimate of drug-likeness (QED) is 0.662. The number of carbonyl (C=O) groups is 1. The van der Waals surface area contributed by atoms with Gasteiger partial charge >= 0.3 is 0 Å². The molecule has 1 amide bonds. The van der Waals surface area contributed by atoms with Crippen LogP contribution in [0.4, 0.5) is 0 Å². The van der Waals surface area contributed by atoms with Crippen molar-refractivity contribution in [3.8, 4) is 0 Å². The molecule has 2 aliphatic heterocycles. The summed E-state index contributed by atoms with van der Waals surface area (Å²) in [5, 5.41) is 6.06. The maximum atomic E-state index is 11.6. The van der Waals surface area contributed by atoms with Gasteiger partial charge in [-0.3, -0.25) is 14.3 Å². The highest BCUT2D eigenvalue weighted by Gasteiger charge is 2.27. The van der Waals surface area contributed by atoms with Gasteiger partial charge in [0.2, 0.25) is 5.91 Å². The van der Waals surface area contributed by atoms with Crippen LogP contribution in [-0.2, 0) is 15.6 Å². The Labute approximate surface area is 90.0 Å². The molecule has 0 aromatic heterocycles. The van der Waals surface area contributed by atoms with E-state index in [0.29, 0.717) is 5.75 Å². The topological polar surface area (TPSA) is 58.2 Å². The van der Waals surface area contributed by atoms with Gasteiger partial charge in [0.25, 0.3) is 0 Å². The summed E-state index contributed by atoms with van der Waals surface area (Å²) >= 11 is 1.74. The Kier molecular flexibility index (Phi) is 3.46. The van der Waals surface area contributed by atoms with Crippen LogP contribution in [0.3, 0.4) is 0 Å². The van der Waals surface area contributed by atoms with Gasteiger partial charge in [0, 0.05) is 40.0 Å². The molecular formula is C8H14N2O2S2. The number of hydrogen-bond acceptors (Lipinski definition) is 4.